The molecule has 0 fully saturated rings. The Morgan fingerprint density at radius 1 is 1.20 bits per heavy atom. The van der Waals surface area contributed by atoms with Gasteiger partial charge in [0.15, 0.2) is 9.84 Å². The summed E-state index contributed by atoms with van der Waals surface area (Å²) in [6.07, 6.45) is 1.49. The summed E-state index contributed by atoms with van der Waals surface area (Å²) in [7, 11) is -3.54. The van der Waals surface area contributed by atoms with E-state index in [1.54, 1.807) is 38.1 Å². The smallest absolute Gasteiger partial charge is 0.339 e. The topological polar surface area (TPSA) is 80.1 Å². The second-order valence-corrected chi connectivity index (χ2v) is 8.01. The average molecular weight is 295 g/mol. The van der Waals surface area contributed by atoms with Crippen LogP contribution in [0.3, 0.4) is 0 Å². The Balaban J connectivity index is 2.39. The highest BCUT2D eigenvalue weighted by Crippen LogP contribution is 2.28. The van der Waals surface area contributed by atoms with Crippen molar-refractivity contribution in [3.05, 3.63) is 52.0 Å². The minimum Gasteiger partial charge on any atom is -0.339 e. The maximum Gasteiger partial charge on any atom is 0.360 e. The van der Waals surface area contributed by atoms with E-state index in [2.05, 4.69) is 9.68 Å². The van der Waals surface area contributed by atoms with E-state index in [0.717, 1.165) is 5.56 Å². The number of aromatic amines is 1. The number of hydrogen-bond donors (Lipinski definition) is 1. The molecule has 1 aromatic heterocycles. The molecule has 2 rings (SSSR count). The Morgan fingerprint density at radius 2 is 1.80 bits per heavy atom. The Labute approximate surface area is 117 Å². The first-order chi connectivity index (χ1) is 9.24. The third kappa shape index (κ3) is 2.56. The lowest BCUT2D eigenvalue weighted by Crippen LogP contribution is -2.35. The van der Waals surface area contributed by atoms with Crippen molar-refractivity contribution < 1.29 is 12.9 Å². The second-order valence-electron chi connectivity index (χ2n) is 5.43. The van der Waals surface area contributed by atoms with Crippen molar-refractivity contribution in [2.24, 2.45) is 0 Å². The molecule has 0 unspecified atom stereocenters. The molecule has 0 bridgehead atoms. The van der Waals surface area contributed by atoms with Crippen molar-refractivity contribution in [2.45, 2.75) is 36.8 Å². The summed E-state index contributed by atoms with van der Waals surface area (Å²) in [5, 5.41) is 2.34. The lowest BCUT2D eigenvalue weighted by Gasteiger charge is -2.24. The SMILES string of the molecule is Cc1ccc(S(=O)(=O)C(C)(C)Cc2c[nH]oc2=O)cc1. The molecule has 2 aromatic rings. The van der Waals surface area contributed by atoms with Crippen LogP contribution in [0.15, 0.2) is 44.7 Å². The molecule has 6 heteroatoms. The number of rotatable bonds is 4. The summed E-state index contributed by atoms with van der Waals surface area (Å²) in [6, 6.07) is 6.69. The molecule has 20 heavy (non-hydrogen) atoms. The maximum atomic E-state index is 12.7. The molecule has 5 nitrogen and oxygen atoms in total. The highest BCUT2D eigenvalue weighted by molar-refractivity contribution is 7.92. The summed E-state index contributed by atoms with van der Waals surface area (Å²) < 4.78 is 28.8. The molecule has 0 aliphatic carbocycles. The van der Waals surface area contributed by atoms with Gasteiger partial charge in [-0.1, -0.05) is 17.7 Å². The average Bonchev–Trinajstić information content (AvgIpc) is 2.75. The van der Waals surface area contributed by atoms with Gasteiger partial charge in [-0.3, -0.25) is 0 Å². The van der Waals surface area contributed by atoms with Crippen molar-refractivity contribution >= 4 is 9.84 Å². The van der Waals surface area contributed by atoms with Crippen LogP contribution in [0.1, 0.15) is 25.0 Å². The standard InChI is InChI=1S/C14H17NO4S/c1-10-4-6-12(7-5-10)20(17,18)14(2,3)8-11-9-15-19-13(11)16/h4-7,9,15H,8H2,1-3H3. The van der Waals surface area contributed by atoms with Gasteiger partial charge in [-0.25, -0.2) is 18.4 Å². The lowest BCUT2D eigenvalue weighted by atomic mass is 10.1. The Bertz CT molecular complexity index is 751. The summed E-state index contributed by atoms with van der Waals surface area (Å²) in [4.78, 5) is 11.7. The molecule has 0 radical (unpaired) electrons. The van der Waals surface area contributed by atoms with Crippen LogP contribution in [0.2, 0.25) is 0 Å². The van der Waals surface area contributed by atoms with Crippen LogP contribution in [0.4, 0.5) is 0 Å². The first-order valence-electron chi connectivity index (χ1n) is 6.21. The molecule has 0 spiro atoms. The van der Waals surface area contributed by atoms with Crippen molar-refractivity contribution in [3.63, 3.8) is 0 Å². The molecule has 0 aliphatic rings. The minimum atomic E-state index is -3.54. The summed E-state index contributed by atoms with van der Waals surface area (Å²) in [5.41, 5.74) is 0.788. The number of hydrogen-bond acceptors (Lipinski definition) is 4. The molecule has 108 valence electrons. The fourth-order valence-electron chi connectivity index (χ4n) is 1.99. The van der Waals surface area contributed by atoms with E-state index in [1.165, 1.54) is 6.20 Å². The van der Waals surface area contributed by atoms with Crippen LogP contribution in [-0.2, 0) is 16.3 Å². The molecule has 0 aliphatic heterocycles. The molecule has 0 saturated heterocycles. The highest BCUT2D eigenvalue weighted by Gasteiger charge is 2.36. The van der Waals surface area contributed by atoms with Crippen LogP contribution in [-0.4, -0.2) is 18.3 Å². The van der Waals surface area contributed by atoms with E-state index in [9.17, 15) is 13.2 Å². The number of sulfone groups is 1. The maximum absolute atomic E-state index is 12.7. The zero-order valence-corrected chi connectivity index (χ0v) is 12.5. The van der Waals surface area contributed by atoms with Crippen LogP contribution in [0.5, 0.6) is 0 Å². The van der Waals surface area contributed by atoms with Gasteiger partial charge < -0.3 is 4.52 Å². The third-order valence-electron chi connectivity index (χ3n) is 3.32. The summed E-state index contributed by atoms with van der Waals surface area (Å²) >= 11 is 0. The molecule has 1 N–H and O–H groups in total. The Kier molecular flexibility index (Phi) is 3.60. The number of aromatic nitrogens is 1. The largest absolute Gasteiger partial charge is 0.360 e. The number of nitrogens with one attached hydrogen (secondary N) is 1. The van der Waals surface area contributed by atoms with Gasteiger partial charge in [0.1, 0.15) is 0 Å². The molecule has 0 saturated carbocycles. The third-order valence-corrected chi connectivity index (χ3v) is 5.81. The minimum absolute atomic E-state index is 0.0923. The van der Waals surface area contributed by atoms with Crippen LogP contribution >= 0.6 is 0 Å². The number of aryl methyl sites for hydroxylation is 1. The first-order valence-corrected chi connectivity index (χ1v) is 7.69. The van der Waals surface area contributed by atoms with E-state index in [0.29, 0.717) is 5.56 Å². The predicted octanol–water partition coefficient (Wildman–Crippen LogP) is 2.07. The van der Waals surface area contributed by atoms with Gasteiger partial charge in [-0.2, -0.15) is 0 Å². The van der Waals surface area contributed by atoms with Crippen molar-refractivity contribution in [1.29, 1.82) is 0 Å². The van der Waals surface area contributed by atoms with Crippen LogP contribution < -0.4 is 5.63 Å². The van der Waals surface area contributed by atoms with Crippen molar-refractivity contribution in [1.82, 2.24) is 5.16 Å². The van der Waals surface area contributed by atoms with Gasteiger partial charge in [-0.05, 0) is 32.9 Å². The van der Waals surface area contributed by atoms with Gasteiger partial charge in [0.25, 0.3) is 0 Å². The molecule has 1 aromatic carbocycles. The van der Waals surface area contributed by atoms with Gasteiger partial charge in [0, 0.05) is 12.6 Å². The zero-order valence-electron chi connectivity index (χ0n) is 11.6. The second kappa shape index (κ2) is 4.94. The number of benzene rings is 1. The highest BCUT2D eigenvalue weighted by atomic mass is 32.2. The fourth-order valence-corrected chi connectivity index (χ4v) is 3.47. The molecule has 0 amide bonds. The number of H-pyrrole nitrogens is 1. The summed E-state index contributed by atoms with van der Waals surface area (Å²) in [6.45, 7) is 5.11. The zero-order chi connectivity index (χ0) is 15.0. The Hall–Kier alpha value is -1.82. The molecule has 1 heterocycles. The predicted molar refractivity (Wildman–Crippen MR) is 75.5 cm³/mol. The first kappa shape index (κ1) is 14.6. The van der Waals surface area contributed by atoms with Crippen molar-refractivity contribution in [3.8, 4) is 0 Å². The van der Waals surface area contributed by atoms with Crippen LogP contribution in [0.25, 0.3) is 0 Å². The molecule has 0 atom stereocenters. The fraction of sp³-hybridized carbons (Fsp3) is 0.357. The van der Waals surface area contributed by atoms with Gasteiger partial charge in [-0.15, -0.1) is 0 Å². The van der Waals surface area contributed by atoms with Crippen LogP contribution in [0, 0.1) is 6.92 Å². The lowest BCUT2D eigenvalue weighted by molar-refractivity contribution is 0.389. The molecular weight excluding hydrogens is 278 g/mol. The van der Waals surface area contributed by atoms with Gasteiger partial charge in [0.2, 0.25) is 0 Å². The Morgan fingerprint density at radius 3 is 2.30 bits per heavy atom. The summed E-state index contributed by atoms with van der Waals surface area (Å²) in [5.74, 6) is 0. The quantitative estimate of drug-likeness (QED) is 0.936. The van der Waals surface area contributed by atoms with E-state index in [4.69, 9.17) is 0 Å². The van der Waals surface area contributed by atoms with E-state index in [1.807, 2.05) is 6.92 Å². The van der Waals surface area contributed by atoms with E-state index >= 15 is 0 Å². The van der Waals surface area contributed by atoms with Gasteiger partial charge in [0.05, 0.1) is 15.2 Å². The monoisotopic (exact) mass is 295 g/mol. The van der Waals surface area contributed by atoms with E-state index in [-0.39, 0.29) is 11.3 Å². The normalized spacial score (nSPS) is 12.6. The molecular formula is C14H17NO4S. The van der Waals surface area contributed by atoms with Crippen molar-refractivity contribution in [2.75, 3.05) is 0 Å². The van der Waals surface area contributed by atoms with Gasteiger partial charge >= 0.3 is 5.63 Å². The van der Waals surface area contributed by atoms with E-state index < -0.39 is 20.2 Å².